The first-order valence-corrected chi connectivity index (χ1v) is 8.48. The van der Waals surface area contributed by atoms with Crippen molar-refractivity contribution in [1.29, 1.82) is 0 Å². The third-order valence-electron chi connectivity index (χ3n) is 5.57. The Morgan fingerprint density at radius 2 is 1.81 bits per heavy atom. The van der Waals surface area contributed by atoms with Gasteiger partial charge >= 0.3 is 0 Å². The minimum Gasteiger partial charge on any atom is -0.496 e. The van der Waals surface area contributed by atoms with Crippen LogP contribution in [0.2, 0.25) is 0 Å². The molecule has 6 heteroatoms. The van der Waals surface area contributed by atoms with Crippen LogP contribution in [0.15, 0.2) is 42.5 Å². The maximum absolute atomic E-state index is 11.7. The molecule has 1 heterocycles. The van der Waals surface area contributed by atoms with E-state index >= 15 is 0 Å². The third-order valence-corrected chi connectivity index (χ3v) is 5.57. The summed E-state index contributed by atoms with van der Waals surface area (Å²) in [7, 11) is 4.52. The van der Waals surface area contributed by atoms with Crippen LogP contribution < -0.4 is 14.2 Å². The molecule has 26 heavy (non-hydrogen) atoms. The van der Waals surface area contributed by atoms with Gasteiger partial charge in [-0.1, -0.05) is 30.3 Å². The lowest BCUT2D eigenvalue weighted by Crippen LogP contribution is -2.55. The van der Waals surface area contributed by atoms with E-state index < -0.39 is 17.5 Å². The number of benzene rings is 2. The predicted octanol–water partition coefficient (Wildman–Crippen LogP) is 2.17. The van der Waals surface area contributed by atoms with Crippen LogP contribution in [0.1, 0.15) is 23.5 Å². The fourth-order valence-electron chi connectivity index (χ4n) is 4.38. The summed E-state index contributed by atoms with van der Waals surface area (Å²) in [6.07, 6.45) is -0.792. The van der Waals surface area contributed by atoms with E-state index in [1.54, 1.807) is 19.2 Å². The van der Waals surface area contributed by atoms with Crippen molar-refractivity contribution < 1.29 is 29.2 Å². The number of hydrogen-bond acceptors (Lipinski definition) is 6. The zero-order valence-electron chi connectivity index (χ0n) is 14.9. The predicted molar refractivity (Wildman–Crippen MR) is 93.6 cm³/mol. The molecule has 1 aliphatic carbocycles. The molecule has 0 bridgehead atoms. The van der Waals surface area contributed by atoms with Crippen molar-refractivity contribution in [2.75, 3.05) is 21.3 Å². The third kappa shape index (κ3) is 1.97. The lowest BCUT2D eigenvalue weighted by atomic mass is 9.83. The SMILES string of the molecule is COc1cc(OC)c2c(c1)O[C@@]1(OC)[C@H](c3ccccc3)C[C@@H](O)[C@@]21O. The van der Waals surface area contributed by atoms with Crippen LogP contribution in [-0.2, 0) is 10.3 Å². The van der Waals surface area contributed by atoms with Crippen LogP contribution in [0.25, 0.3) is 0 Å². The van der Waals surface area contributed by atoms with Crippen LogP contribution in [0.5, 0.6) is 17.2 Å². The fourth-order valence-corrected chi connectivity index (χ4v) is 4.38. The largest absolute Gasteiger partial charge is 0.496 e. The average Bonchev–Trinajstić information content (AvgIpc) is 3.07. The van der Waals surface area contributed by atoms with Gasteiger partial charge in [0.15, 0.2) is 5.60 Å². The van der Waals surface area contributed by atoms with Gasteiger partial charge in [-0.25, -0.2) is 0 Å². The summed E-state index contributed by atoms with van der Waals surface area (Å²) in [5.74, 6) is -0.535. The second kappa shape index (κ2) is 5.87. The second-order valence-electron chi connectivity index (χ2n) is 6.66. The molecular weight excluding hydrogens is 336 g/mol. The van der Waals surface area contributed by atoms with Crippen molar-refractivity contribution in [1.82, 2.24) is 0 Å². The van der Waals surface area contributed by atoms with E-state index in [1.165, 1.54) is 14.2 Å². The van der Waals surface area contributed by atoms with Crippen LogP contribution in [0.4, 0.5) is 0 Å². The van der Waals surface area contributed by atoms with Gasteiger partial charge in [0.2, 0.25) is 0 Å². The lowest BCUT2D eigenvalue weighted by Gasteiger charge is -2.38. The number of aliphatic hydroxyl groups is 2. The van der Waals surface area contributed by atoms with Crippen LogP contribution in [0, 0.1) is 0 Å². The standard InChI is InChI=1S/C20H22O6/c1-23-13-9-15(24-2)18-16(10-13)26-20(25-3)14(11-17(21)19(18,20)22)12-7-5-4-6-8-12/h4-10,14,17,21-22H,11H2,1-3H3/t14-,17+,19+,20-/m0/s1. The van der Waals surface area contributed by atoms with Gasteiger partial charge in [0, 0.05) is 19.2 Å². The van der Waals surface area contributed by atoms with E-state index in [9.17, 15) is 10.2 Å². The number of hydrogen-bond donors (Lipinski definition) is 2. The van der Waals surface area contributed by atoms with E-state index in [4.69, 9.17) is 18.9 Å². The molecule has 1 saturated carbocycles. The quantitative estimate of drug-likeness (QED) is 0.872. The highest BCUT2D eigenvalue weighted by Crippen LogP contribution is 2.64. The van der Waals surface area contributed by atoms with E-state index in [2.05, 4.69) is 0 Å². The molecule has 2 aromatic rings. The van der Waals surface area contributed by atoms with Crippen molar-refractivity contribution in [2.45, 2.75) is 29.8 Å². The van der Waals surface area contributed by atoms with Crippen molar-refractivity contribution in [2.24, 2.45) is 0 Å². The summed E-state index contributed by atoms with van der Waals surface area (Å²) in [5, 5.41) is 22.6. The first kappa shape index (κ1) is 17.1. The van der Waals surface area contributed by atoms with Crippen molar-refractivity contribution in [3.63, 3.8) is 0 Å². The first-order valence-electron chi connectivity index (χ1n) is 8.48. The average molecular weight is 358 g/mol. The Morgan fingerprint density at radius 1 is 1.08 bits per heavy atom. The molecule has 6 nitrogen and oxygen atoms in total. The number of rotatable bonds is 4. The summed E-state index contributed by atoms with van der Waals surface area (Å²) in [5.41, 5.74) is -0.466. The summed E-state index contributed by atoms with van der Waals surface area (Å²) in [6, 6.07) is 12.9. The van der Waals surface area contributed by atoms with Gasteiger partial charge in [-0.15, -0.1) is 0 Å². The highest BCUT2D eigenvalue weighted by atomic mass is 16.7. The summed E-state index contributed by atoms with van der Waals surface area (Å²) in [6.45, 7) is 0. The van der Waals surface area contributed by atoms with Crippen LogP contribution >= 0.6 is 0 Å². The Balaban J connectivity index is 1.94. The maximum Gasteiger partial charge on any atom is 0.253 e. The normalized spacial score (nSPS) is 31.9. The van der Waals surface area contributed by atoms with E-state index in [-0.39, 0.29) is 5.92 Å². The van der Waals surface area contributed by atoms with Gasteiger partial charge in [-0.2, -0.15) is 0 Å². The monoisotopic (exact) mass is 358 g/mol. The lowest BCUT2D eigenvalue weighted by molar-refractivity contribution is -0.266. The van der Waals surface area contributed by atoms with Gasteiger partial charge < -0.3 is 29.2 Å². The molecule has 0 radical (unpaired) electrons. The Labute approximate surface area is 151 Å². The molecule has 0 unspecified atom stereocenters. The minimum absolute atomic E-state index is 0.295. The molecular formula is C20H22O6. The zero-order chi connectivity index (χ0) is 18.5. The molecule has 4 atom stereocenters. The Morgan fingerprint density at radius 3 is 2.42 bits per heavy atom. The van der Waals surface area contributed by atoms with Crippen LogP contribution in [-0.4, -0.2) is 43.4 Å². The molecule has 0 aromatic heterocycles. The molecule has 2 aliphatic rings. The molecule has 1 fully saturated rings. The van der Waals surface area contributed by atoms with Crippen molar-refractivity contribution in [3.05, 3.63) is 53.6 Å². The molecule has 2 aromatic carbocycles. The van der Waals surface area contributed by atoms with E-state index in [0.717, 1.165) is 5.56 Å². The van der Waals surface area contributed by atoms with Gasteiger partial charge in [-0.05, 0) is 12.0 Å². The van der Waals surface area contributed by atoms with Crippen molar-refractivity contribution in [3.8, 4) is 17.2 Å². The highest BCUT2D eigenvalue weighted by molar-refractivity contribution is 5.60. The van der Waals surface area contributed by atoms with Crippen LogP contribution in [0.3, 0.4) is 0 Å². The number of fused-ring (bicyclic) bond motifs is 3. The first-order chi connectivity index (χ1) is 12.5. The van der Waals surface area contributed by atoms with E-state index in [1.807, 2.05) is 30.3 Å². The maximum atomic E-state index is 11.7. The Hall–Kier alpha value is -2.28. The number of ether oxygens (including phenoxy) is 4. The topological polar surface area (TPSA) is 77.4 Å². The minimum atomic E-state index is -1.77. The molecule has 4 rings (SSSR count). The zero-order valence-corrected chi connectivity index (χ0v) is 14.9. The van der Waals surface area contributed by atoms with Gasteiger partial charge in [0.25, 0.3) is 5.79 Å². The molecule has 138 valence electrons. The fraction of sp³-hybridized carbons (Fsp3) is 0.400. The van der Waals surface area contributed by atoms with Gasteiger partial charge in [0.1, 0.15) is 17.2 Å². The molecule has 2 N–H and O–H groups in total. The Bertz CT molecular complexity index is 823. The Kier molecular flexibility index (Phi) is 3.87. The van der Waals surface area contributed by atoms with Crippen molar-refractivity contribution >= 4 is 0 Å². The smallest absolute Gasteiger partial charge is 0.253 e. The highest BCUT2D eigenvalue weighted by Gasteiger charge is 2.74. The van der Waals surface area contributed by atoms with Gasteiger partial charge in [0.05, 0.1) is 31.8 Å². The number of methoxy groups -OCH3 is 3. The summed E-state index contributed by atoms with van der Waals surface area (Å²) < 4.78 is 22.8. The second-order valence-corrected chi connectivity index (χ2v) is 6.66. The summed E-state index contributed by atoms with van der Waals surface area (Å²) in [4.78, 5) is 0. The van der Waals surface area contributed by atoms with E-state index in [0.29, 0.717) is 29.2 Å². The molecule has 1 aliphatic heterocycles. The summed E-state index contributed by atoms with van der Waals surface area (Å²) >= 11 is 0. The number of aliphatic hydroxyl groups excluding tert-OH is 1. The molecule has 0 amide bonds. The molecule has 0 saturated heterocycles. The molecule has 0 spiro atoms. The van der Waals surface area contributed by atoms with Gasteiger partial charge in [-0.3, -0.25) is 0 Å².